The number of aromatic nitrogens is 4. The van der Waals surface area contributed by atoms with E-state index in [1.807, 2.05) is 0 Å². The number of hydrogen-bond donors (Lipinski definition) is 0. The van der Waals surface area contributed by atoms with Gasteiger partial charge in [0.05, 0.1) is 0 Å². The molecular formula is C40H40N4+4. The van der Waals surface area contributed by atoms with Crippen LogP contribution in [0, 0.1) is 0 Å². The van der Waals surface area contributed by atoms with Crippen LogP contribution in [0.15, 0.2) is 122 Å². The summed E-state index contributed by atoms with van der Waals surface area (Å²) in [7, 11) is 8.33. The van der Waals surface area contributed by atoms with Crippen molar-refractivity contribution >= 4 is 0 Å². The van der Waals surface area contributed by atoms with Gasteiger partial charge in [0.25, 0.3) is 0 Å². The molecule has 0 unspecified atom stereocenters. The summed E-state index contributed by atoms with van der Waals surface area (Å²) < 4.78 is 8.44. The minimum absolute atomic E-state index is 0.959. The van der Waals surface area contributed by atoms with E-state index in [4.69, 9.17) is 0 Å². The van der Waals surface area contributed by atoms with Crippen LogP contribution in [0.2, 0.25) is 0 Å². The molecular weight excluding hydrogens is 536 g/mol. The molecule has 4 nitrogen and oxygen atoms in total. The predicted octanol–water partition coefficient (Wildman–Crippen LogP) is 5.54. The number of rotatable bonds is 4. The third-order valence-corrected chi connectivity index (χ3v) is 9.14. The van der Waals surface area contributed by atoms with Crippen LogP contribution >= 0.6 is 0 Å². The van der Waals surface area contributed by atoms with E-state index in [1.165, 1.54) is 66.8 Å². The standard InChI is InChI=1S/C40H40N4/c1-41-17-9-29(10-18-41)37-25-34-7-8-36-28-39(31-13-21-43(3)22-14-31)35(27-40(36)32-15-23-44(4)24-16-32)6-5-33(37)26-38(34)30-11-19-42(2)20-12-30/h9-28H,5-8H2,1-4H3/q+4. The lowest BCUT2D eigenvalue weighted by Crippen LogP contribution is -2.25. The molecule has 216 valence electrons. The lowest BCUT2D eigenvalue weighted by molar-refractivity contribution is -0.671. The lowest BCUT2D eigenvalue weighted by atomic mass is 9.82. The number of aryl methyl sites for hydroxylation is 8. The molecule has 0 N–H and O–H groups in total. The SMILES string of the molecule is C[n+]1ccc(-c2cc3c(-c4cc[n+](C)cc4)cc2CCc2cc(-c4cc[n+](C)cc4)c(cc2-c2cc[n+](C)cc2)CC3)cc1. The first-order chi connectivity index (χ1) is 21.4. The van der Waals surface area contributed by atoms with Gasteiger partial charge in [-0.05, 0) is 92.4 Å². The summed E-state index contributed by atoms with van der Waals surface area (Å²) in [6.07, 6.45) is 21.1. The second-order valence-electron chi connectivity index (χ2n) is 12.3. The minimum atomic E-state index is 0.959. The Morgan fingerprint density at radius 2 is 0.500 bits per heavy atom. The highest BCUT2D eigenvalue weighted by molar-refractivity contribution is 5.79. The molecule has 0 fully saturated rings. The summed E-state index contributed by atoms with van der Waals surface area (Å²) in [5, 5.41) is 0. The predicted molar refractivity (Wildman–Crippen MR) is 174 cm³/mol. The van der Waals surface area contributed by atoms with Gasteiger partial charge in [-0.2, -0.15) is 0 Å². The zero-order valence-corrected chi connectivity index (χ0v) is 26.2. The van der Waals surface area contributed by atoms with E-state index < -0.39 is 0 Å². The molecule has 4 aliphatic rings. The van der Waals surface area contributed by atoms with E-state index in [9.17, 15) is 0 Å². The van der Waals surface area contributed by atoms with Crippen LogP contribution in [0.5, 0.6) is 0 Å². The van der Waals surface area contributed by atoms with Gasteiger partial charge in [0.15, 0.2) is 49.6 Å². The minimum Gasteiger partial charge on any atom is -0.208 e. The monoisotopic (exact) mass is 576 g/mol. The van der Waals surface area contributed by atoms with Crippen LogP contribution in [-0.2, 0) is 53.9 Å². The maximum Gasteiger partial charge on any atom is 0.169 e. The van der Waals surface area contributed by atoms with Gasteiger partial charge in [0.2, 0.25) is 0 Å². The zero-order valence-electron chi connectivity index (χ0n) is 26.2. The van der Waals surface area contributed by atoms with E-state index in [0.717, 1.165) is 25.7 Å². The van der Waals surface area contributed by atoms with Crippen molar-refractivity contribution in [2.24, 2.45) is 28.2 Å². The number of benzene rings is 2. The normalized spacial score (nSPS) is 12.6. The van der Waals surface area contributed by atoms with Crippen molar-refractivity contribution in [3.63, 3.8) is 0 Å². The first-order valence-corrected chi connectivity index (χ1v) is 15.6. The Labute approximate surface area is 260 Å². The van der Waals surface area contributed by atoms with Crippen molar-refractivity contribution in [2.75, 3.05) is 0 Å². The van der Waals surface area contributed by atoms with Gasteiger partial charge in [-0.3, -0.25) is 0 Å². The Kier molecular flexibility index (Phi) is 7.35. The maximum absolute atomic E-state index is 2.49. The fraction of sp³-hybridized carbons (Fsp3) is 0.200. The average molecular weight is 577 g/mol. The van der Waals surface area contributed by atoms with Crippen molar-refractivity contribution in [1.82, 2.24) is 0 Å². The molecule has 4 aliphatic carbocycles. The molecule has 0 saturated heterocycles. The van der Waals surface area contributed by atoms with E-state index in [0.29, 0.717) is 0 Å². The van der Waals surface area contributed by atoms with E-state index in [1.54, 1.807) is 0 Å². The molecule has 4 heteroatoms. The Morgan fingerprint density at radius 1 is 0.318 bits per heavy atom. The number of pyridine rings is 4. The first-order valence-electron chi connectivity index (χ1n) is 15.6. The van der Waals surface area contributed by atoms with Gasteiger partial charge in [-0.1, -0.05) is 24.3 Å². The Hall–Kier alpha value is -4.96. The Balaban J connectivity index is 1.43. The van der Waals surface area contributed by atoms with E-state index in [-0.39, 0.29) is 0 Å². The smallest absolute Gasteiger partial charge is 0.169 e. The van der Waals surface area contributed by atoms with Crippen LogP contribution in [-0.4, -0.2) is 0 Å². The summed E-state index contributed by atoms with van der Waals surface area (Å²) in [5.41, 5.74) is 16.1. The molecule has 4 bridgehead atoms. The van der Waals surface area contributed by atoms with Gasteiger partial charge in [0, 0.05) is 48.5 Å². The molecule has 4 aromatic heterocycles. The largest absolute Gasteiger partial charge is 0.208 e. The molecule has 4 heterocycles. The summed E-state index contributed by atoms with van der Waals surface area (Å²) in [6.45, 7) is 0. The third-order valence-electron chi connectivity index (χ3n) is 9.14. The summed E-state index contributed by atoms with van der Waals surface area (Å²) in [6, 6.07) is 28.0. The summed E-state index contributed by atoms with van der Waals surface area (Å²) in [5.74, 6) is 0. The van der Waals surface area contributed by atoms with Crippen LogP contribution in [0.3, 0.4) is 0 Å². The van der Waals surface area contributed by atoms with Crippen molar-refractivity contribution in [1.29, 1.82) is 0 Å². The highest BCUT2D eigenvalue weighted by atomic mass is 14.9. The fourth-order valence-corrected chi connectivity index (χ4v) is 6.54. The van der Waals surface area contributed by atoms with Crippen molar-refractivity contribution in [3.05, 3.63) is 145 Å². The second kappa shape index (κ2) is 11.6. The topological polar surface area (TPSA) is 15.5 Å². The average Bonchev–Trinajstić information content (AvgIpc) is 3.03. The highest BCUT2D eigenvalue weighted by Gasteiger charge is 2.20. The van der Waals surface area contributed by atoms with Crippen LogP contribution in [0.4, 0.5) is 0 Å². The van der Waals surface area contributed by atoms with Gasteiger partial charge in [0.1, 0.15) is 28.2 Å². The van der Waals surface area contributed by atoms with Gasteiger partial charge in [-0.15, -0.1) is 0 Å². The first kappa shape index (κ1) is 27.8. The van der Waals surface area contributed by atoms with E-state index >= 15 is 0 Å². The van der Waals surface area contributed by atoms with Crippen LogP contribution < -0.4 is 18.3 Å². The lowest BCUT2D eigenvalue weighted by Gasteiger charge is -2.22. The third kappa shape index (κ3) is 5.56. The van der Waals surface area contributed by atoms with Gasteiger partial charge >= 0.3 is 0 Å². The molecule has 44 heavy (non-hydrogen) atoms. The molecule has 0 amide bonds. The molecule has 2 aromatic carbocycles. The Morgan fingerprint density at radius 3 is 0.682 bits per heavy atom. The van der Waals surface area contributed by atoms with Crippen molar-refractivity contribution in [2.45, 2.75) is 25.7 Å². The maximum atomic E-state index is 2.49. The van der Waals surface area contributed by atoms with Crippen LogP contribution in [0.25, 0.3) is 44.5 Å². The van der Waals surface area contributed by atoms with Crippen molar-refractivity contribution in [3.8, 4) is 44.5 Å². The number of hydrogen-bond acceptors (Lipinski definition) is 0. The summed E-state index contributed by atoms with van der Waals surface area (Å²) >= 11 is 0. The van der Waals surface area contributed by atoms with Crippen molar-refractivity contribution < 1.29 is 18.3 Å². The number of nitrogens with zero attached hydrogens (tertiary/aromatic N) is 4. The van der Waals surface area contributed by atoms with E-state index in [2.05, 4.69) is 169 Å². The molecule has 6 aromatic rings. The highest BCUT2D eigenvalue weighted by Crippen LogP contribution is 2.38. The molecule has 0 spiro atoms. The molecule has 10 rings (SSSR count). The van der Waals surface area contributed by atoms with Gasteiger partial charge in [-0.25, -0.2) is 18.3 Å². The molecule has 0 aliphatic heterocycles. The molecule has 0 saturated carbocycles. The molecule has 0 atom stereocenters. The summed E-state index contributed by atoms with van der Waals surface area (Å²) in [4.78, 5) is 0. The quantitative estimate of drug-likeness (QED) is 0.245. The zero-order chi connectivity index (χ0) is 30.2. The molecule has 0 radical (unpaired) electrons. The Bertz CT molecular complexity index is 1660. The fourth-order valence-electron chi connectivity index (χ4n) is 6.54. The second-order valence-corrected chi connectivity index (χ2v) is 12.3. The van der Waals surface area contributed by atoms with Crippen LogP contribution in [0.1, 0.15) is 22.3 Å². The van der Waals surface area contributed by atoms with Gasteiger partial charge < -0.3 is 0 Å².